The van der Waals surface area contributed by atoms with E-state index in [1.54, 1.807) is 24.3 Å². The van der Waals surface area contributed by atoms with Crippen molar-refractivity contribution in [2.24, 2.45) is 0 Å². The summed E-state index contributed by atoms with van der Waals surface area (Å²) in [6.45, 7) is 3.28. The number of likely N-dealkylation sites (N-methyl/N-ethyl adjacent to an activating group) is 1. The van der Waals surface area contributed by atoms with Crippen LogP contribution in [0.3, 0.4) is 0 Å². The van der Waals surface area contributed by atoms with Crippen LogP contribution in [0.2, 0.25) is 0 Å². The third kappa shape index (κ3) is 2.52. The van der Waals surface area contributed by atoms with Crippen molar-refractivity contribution in [2.75, 3.05) is 20.2 Å². The molecular weight excluding hydrogens is 230 g/mol. The van der Waals surface area contributed by atoms with Gasteiger partial charge in [0.2, 0.25) is 5.91 Å². The van der Waals surface area contributed by atoms with Crippen molar-refractivity contribution < 1.29 is 9.90 Å². The van der Waals surface area contributed by atoms with Crippen molar-refractivity contribution in [3.8, 4) is 0 Å². The average molecular weight is 249 g/mol. The SMILES string of the molecule is CC1CN(Cc2cccnc2)C(CO)C(=O)N1C. The molecule has 0 bridgehead atoms. The van der Waals surface area contributed by atoms with Crippen LogP contribution >= 0.6 is 0 Å². The van der Waals surface area contributed by atoms with E-state index < -0.39 is 6.04 Å². The molecule has 1 saturated heterocycles. The molecule has 1 N–H and O–H groups in total. The number of carbonyl (C=O) groups excluding carboxylic acids is 1. The first kappa shape index (κ1) is 13.0. The van der Waals surface area contributed by atoms with E-state index in [9.17, 15) is 9.90 Å². The van der Waals surface area contributed by atoms with Gasteiger partial charge < -0.3 is 10.0 Å². The van der Waals surface area contributed by atoms with Gasteiger partial charge in [0.25, 0.3) is 0 Å². The maximum absolute atomic E-state index is 12.1. The monoisotopic (exact) mass is 249 g/mol. The minimum absolute atomic E-state index is 0.0138. The van der Waals surface area contributed by atoms with Crippen LogP contribution in [0.15, 0.2) is 24.5 Å². The maximum Gasteiger partial charge on any atom is 0.242 e. The highest BCUT2D eigenvalue weighted by molar-refractivity contribution is 5.82. The number of piperazine rings is 1. The van der Waals surface area contributed by atoms with Gasteiger partial charge >= 0.3 is 0 Å². The Bertz CT molecular complexity index is 410. The number of rotatable bonds is 3. The van der Waals surface area contributed by atoms with Crippen LogP contribution in [0.5, 0.6) is 0 Å². The molecule has 1 aromatic heterocycles. The molecular formula is C13H19N3O2. The van der Waals surface area contributed by atoms with E-state index in [-0.39, 0.29) is 18.6 Å². The first-order valence-electron chi connectivity index (χ1n) is 6.14. The Morgan fingerprint density at radius 2 is 2.33 bits per heavy atom. The summed E-state index contributed by atoms with van der Waals surface area (Å²) in [4.78, 5) is 19.9. The van der Waals surface area contributed by atoms with E-state index in [1.165, 1.54) is 0 Å². The van der Waals surface area contributed by atoms with Crippen LogP contribution in [0, 0.1) is 0 Å². The Morgan fingerprint density at radius 3 is 2.94 bits per heavy atom. The van der Waals surface area contributed by atoms with Crippen LogP contribution in [0.4, 0.5) is 0 Å². The summed E-state index contributed by atoms with van der Waals surface area (Å²) in [5.74, 6) is -0.0138. The number of pyridine rings is 1. The van der Waals surface area contributed by atoms with Crippen molar-refractivity contribution in [3.05, 3.63) is 30.1 Å². The van der Waals surface area contributed by atoms with Crippen LogP contribution in [-0.4, -0.2) is 58.1 Å². The molecule has 0 saturated carbocycles. The minimum atomic E-state index is -0.439. The molecule has 1 aromatic rings. The molecule has 2 heterocycles. The second-order valence-electron chi connectivity index (χ2n) is 4.79. The number of aromatic nitrogens is 1. The van der Waals surface area contributed by atoms with Crippen LogP contribution in [0.25, 0.3) is 0 Å². The molecule has 0 aliphatic carbocycles. The Kier molecular flexibility index (Phi) is 3.93. The standard InChI is InChI=1S/C13H19N3O2/c1-10-7-16(8-11-4-3-5-14-6-11)12(9-17)13(18)15(10)2/h3-6,10,12,17H,7-9H2,1-2H3. The van der Waals surface area contributed by atoms with Crippen molar-refractivity contribution in [2.45, 2.75) is 25.6 Å². The zero-order chi connectivity index (χ0) is 13.1. The number of carbonyl (C=O) groups is 1. The normalized spacial score (nSPS) is 25.5. The van der Waals surface area contributed by atoms with E-state index in [2.05, 4.69) is 4.98 Å². The fraction of sp³-hybridized carbons (Fsp3) is 0.538. The molecule has 1 amide bonds. The fourth-order valence-corrected chi connectivity index (χ4v) is 2.29. The predicted octanol–water partition coefficient (Wildman–Crippen LogP) is 0.105. The van der Waals surface area contributed by atoms with Gasteiger partial charge in [-0.1, -0.05) is 6.07 Å². The molecule has 0 radical (unpaired) electrons. The van der Waals surface area contributed by atoms with Gasteiger partial charge in [0.1, 0.15) is 6.04 Å². The van der Waals surface area contributed by atoms with E-state index >= 15 is 0 Å². The molecule has 1 fully saturated rings. The summed E-state index contributed by atoms with van der Waals surface area (Å²) in [6.07, 6.45) is 3.52. The van der Waals surface area contributed by atoms with E-state index in [0.29, 0.717) is 6.54 Å². The molecule has 98 valence electrons. The van der Waals surface area contributed by atoms with E-state index in [4.69, 9.17) is 0 Å². The quantitative estimate of drug-likeness (QED) is 0.826. The summed E-state index contributed by atoms with van der Waals surface area (Å²) < 4.78 is 0. The summed E-state index contributed by atoms with van der Waals surface area (Å²) >= 11 is 0. The molecule has 2 rings (SSSR count). The number of aliphatic hydroxyl groups excluding tert-OH is 1. The molecule has 0 spiro atoms. The molecule has 18 heavy (non-hydrogen) atoms. The number of hydrogen-bond acceptors (Lipinski definition) is 4. The predicted molar refractivity (Wildman–Crippen MR) is 67.8 cm³/mol. The molecule has 5 heteroatoms. The highest BCUT2D eigenvalue weighted by atomic mass is 16.3. The topological polar surface area (TPSA) is 56.7 Å². The third-order valence-corrected chi connectivity index (χ3v) is 3.51. The van der Waals surface area contributed by atoms with E-state index in [1.807, 2.05) is 24.0 Å². The van der Waals surface area contributed by atoms with Crippen LogP contribution in [-0.2, 0) is 11.3 Å². The van der Waals surface area contributed by atoms with Crippen molar-refractivity contribution in [3.63, 3.8) is 0 Å². The fourth-order valence-electron chi connectivity index (χ4n) is 2.29. The zero-order valence-electron chi connectivity index (χ0n) is 10.8. The number of nitrogens with zero attached hydrogens (tertiary/aromatic N) is 3. The third-order valence-electron chi connectivity index (χ3n) is 3.51. The molecule has 2 unspecified atom stereocenters. The van der Waals surface area contributed by atoms with Crippen molar-refractivity contribution in [1.82, 2.24) is 14.8 Å². The molecule has 1 aliphatic heterocycles. The molecule has 2 atom stereocenters. The van der Waals surface area contributed by atoms with Gasteiger partial charge in [0, 0.05) is 38.6 Å². The Labute approximate surface area is 107 Å². The van der Waals surface area contributed by atoms with Crippen molar-refractivity contribution >= 4 is 5.91 Å². The second kappa shape index (κ2) is 5.46. The minimum Gasteiger partial charge on any atom is -0.394 e. The Balaban J connectivity index is 2.13. The summed E-state index contributed by atoms with van der Waals surface area (Å²) in [5.41, 5.74) is 1.06. The van der Waals surface area contributed by atoms with Crippen LogP contribution < -0.4 is 0 Å². The first-order chi connectivity index (χ1) is 8.63. The smallest absolute Gasteiger partial charge is 0.242 e. The van der Waals surface area contributed by atoms with Gasteiger partial charge in [-0.05, 0) is 18.6 Å². The highest BCUT2D eigenvalue weighted by Crippen LogP contribution is 2.17. The molecule has 0 aromatic carbocycles. The van der Waals surface area contributed by atoms with Gasteiger partial charge in [-0.15, -0.1) is 0 Å². The summed E-state index contributed by atoms with van der Waals surface area (Å²) in [5, 5.41) is 9.41. The number of hydrogen-bond donors (Lipinski definition) is 1. The van der Waals surface area contributed by atoms with E-state index in [0.717, 1.165) is 12.1 Å². The lowest BCUT2D eigenvalue weighted by Crippen LogP contribution is -2.60. The lowest BCUT2D eigenvalue weighted by atomic mass is 10.1. The zero-order valence-corrected chi connectivity index (χ0v) is 10.8. The van der Waals surface area contributed by atoms with Crippen molar-refractivity contribution in [1.29, 1.82) is 0 Å². The molecule has 1 aliphatic rings. The lowest BCUT2D eigenvalue weighted by molar-refractivity contribution is -0.145. The van der Waals surface area contributed by atoms with Gasteiger partial charge in [0.15, 0.2) is 0 Å². The Hall–Kier alpha value is -1.46. The highest BCUT2D eigenvalue weighted by Gasteiger charge is 2.36. The number of aliphatic hydroxyl groups is 1. The van der Waals surface area contributed by atoms with Gasteiger partial charge in [-0.2, -0.15) is 0 Å². The first-order valence-corrected chi connectivity index (χ1v) is 6.14. The van der Waals surface area contributed by atoms with Gasteiger partial charge in [0.05, 0.1) is 6.61 Å². The van der Waals surface area contributed by atoms with Crippen LogP contribution in [0.1, 0.15) is 12.5 Å². The second-order valence-corrected chi connectivity index (χ2v) is 4.79. The van der Waals surface area contributed by atoms with Gasteiger partial charge in [-0.25, -0.2) is 0 Å². The Morgan fingerprint density at radius 1 is 1.56 bits per heavy atom. The summed E-state index contributed by atoms with van der Waals surface area (Å²) in [7, 11) is 1.79. The summed E-state index contributed by atoms with van der Waals surface area (Å²) in [6, 6.07) is 3.59. The number of amides is 1. The maximum atomic E-state index is 12.1. The average Bonchev–Trinajstić information content (AvgIpc) is 2.38. The van der Waals surface area contributed by atoms with Gasteiger partial charge in [-0.3, -0.25) is 14.7 Å². The molecule has 5 nitrogen and oxygen atoms in total. The largest absolute Gasteiger partial charge is 0.394 e. The lowest BCUT2D eigenvalue weighted by Gasteiger charge is -2.42.